The standard InChI is InChI=1S/C11H13NO/c1-9(10(2)12-13)8-11-6-4-3-5-7-11/h3-8,13H,1-2H3/b9-8-,12-10+. The smallest absolute Gasteiger partial charge is 0.0794 e. The largest absolute Gasteiger partial charge is 0.411 e. The average molecular weight is 175 g/mol. The summed E-state index contributed by atoms with van der Waals surface area (Å²) in [6.07, 6.45) is 1.98. The van der Waals surface area contributed by atoms with Crippen LogP contribution in [0.1, 0.15) is 19.4 Å². The highest BCUT2D eigenvalue weighted by Crippen LogP contribution is 2.06. The van der Waals surface area contributed by atoms with Crippen molar-refractivity contribution < 1.29 is 5.21 Å². The number of hydrogen-bond donors (Lipinski definition) is 1. The van der Waals surface area contributed by atoms with Crippen LogP contribution in [0.2, 0.25) is 0 Å². The van der Waals surface area contributed by atoms with Gasteiger partial charge in [0.1, 0.15) is 0 Å². The number of hydrogen-bond acceptors (Lipinski definition) is 2. The van der Waals surface area contributed by atoms with Crippen LogP contribution >= 0.6 is 0 Å². The lowest BCUT2D eigenvalue weighted by Gasteiger charge is -1.97. The second kappa shape index (κ2) is 4.45. The van der Waals surface area contributed by atoms with Gasteiger partial charge in [0.25, 0.3) is 0 Å². The summed E-state index contributed by atoms with van der Waals surface area (Å²) >= 11 is 0. The molecule has 68 valence electrons. The number of oxime groups is 1. The molecule has 0 aliphatic carbocycles. The first kappa shape index (κ1) is 9.52. The maximum atomic E-state index is 8.53. The molecule has 0 amide bonds. The first-order valence-electron chi connectivity index (χ1n) is 4.16. The van der Waals surface area contributed by atoms with Gasteiger partial charge in [0.05, 0.1) is 5.71 Å². The first-order valence-corrected chi connectivity index (χ1v) is 4.16. The number of nitrogens with zero attached hydrogens (tertiary/aromatic N) is 1. The number of benzene rings is 1. The van der Waals surface area contributed by atoms with Gasteiger partial charge in [-0.05, 0) is 25.0 Å². The third-order valence-corrected chi connectivity index (χ3v) is 1.90. The Balaban J connectivity index is 2.89. The Morgan fingerprint density at radius 1 is 1.23 bits per heavy atom. The Kier molecular flexibility index (Phi) is 3.26. The maximum Gasteiger partial charge on any atom is 0.0794 e. The van der Waals surface area contributed by atoms with Crippen LogP contribution in [0.15, 0.2) is 41.1 Å². The van der Waals surface area contributed by atoms with Crippen LogP contribution in [-0.4, -0.2) is 10.9 Å². The summed E-state index contributed by atoms with van der Waals surface area (Å²) in [6.45, 7) is 3.69. The van der Waals surface area contributed by atoms with Gasteiger partial charge in [0.15, 0.2) is 0 Å². The maximum absolute atomic E-state index is 8.53. The molecule has 0 spiro atoms. The van der Waals surface area contributed by atoms with Crippen LogP contribution in [0.3, 0.4) is 0 Å². The zero-order valence-electron chi connectivity index (χ0n) is 7.86. The van der Waals surface area contributed by atoms with Gasteiger partial charge in [-0.1, -0.05) is 41.6 Å². The molecule has 0 radical (unpaired) electrons. The topological polar surface area (TPSA) is 32.6 Å². The van der Waals surface area contributed by atoms with Gasteiger partial charge < -0.3 is 5.21 Å². The molecule has 0 aliphatic heterocycles. The van der Waals surface area contributed by atoms with E-state index in [1.165, 1.54) is 0 Å². The Bertz CT molecular complexity index is 325. The Hall–Kier alpha value is -1.57. The molecule has 0 fully saturated rings. The molecule has 2 nitrogen and oxygen atoms in total. The monoisotopic (exact) mass is 175 g/mol. The van der Waals surface area contributed by atoms with Gasteiger partial charge in [0, 0.05) is 0 Å². The second-order valence-electron chi connectivity index (χ2n) is 2.92. The normalized spacial score (nSPS) is 13.1. The lowest BCUT2D eigenvalue weighted by atomic mass is 10.1. The van der Waals surface area contributed by atoms with Crippen LogP contribution < -0.4 is 0 Å². The van der Waals surface area contributed by atoms with E-state index in [4.69, 9.17) is 5.21 Å². The number of rotatable bonds is 2. The van der Waals surface area contributed by atoms with Crippen molar-refractivity contribution >= 4 is 11.8 Å². The summed E-state index contributed by atoms with van der Waals surface area (Å²) in [4.78, 5) is 0. The van der Waals surface area contributed by atoms with Crippen LogP contribution in [0.25, 0.3) is 6.08 Å². The summed E-state index contributed by atoms with van der Waals surface area (Å²) in [5.74, 6) is 0. The minimum atomic E-state index is 0.642. The fraction of sp³-hybridized carbons (Fsp3) is 0.182. The molecule has 1 aromatic rings. The molecular formula is C11H13NO. The molecule has 0 bridgehead atoms. The van der Waals surface area contributed by atoms with Crippen molar-refractivity contribution in [3.8, 4) is 0 Å². The summed E-state index contributed by atoms with van der Waals surface area (Å²) in [5, 5.41) is 11.7. The van der Waals surface area contributed by atoms with Crippen LogP contribution in [0, 0.1) is 0 Å². The molecular weight excluding hydrogens is 162 g/mol. The highest BCUT2D eigenvalue weighted by molar-refractivity contribution is 6.01. The average Bonchev–Trinajstić information content (AvgIpc) is 2.18. The highest BCUT2D eigenvalue weighted by Gasteiger charge is 1.94. The first-order chi connectivity index (χ1) is 6.24. The van der Waals surface area contributed by atoms with Gasteiger partial charge in [-0.2, -0.15) is 0 Å². The third-order valence-electron chi connectivity index (χ3n) is 1.90. The van der Waals surface area contributed by atoms with Gasteiger partial charge in [0.2, 0.25) is 0 Å². The van der Waals surface area contributed by atoms with Crippen molar-refractivity contribution in [1.29, 1.82) is 0 Å². The predicted molar refractivity (Wildman–Crippen MR) is 55.0 cm³/mol. The Morgan fingerprint density at radius 2 is 1.85 bits per heavy atom. The van der Waals surface area contributed by atoms with Gasteiger partial charge in [-0.15, -0.1) is 0 Å². The molecule has 0 aliphatic rings. The van der Waals surface area contributed by atoms with Crippen molar-refractivity contribution in [2.24, 2.45) is 5.16 Å². The van der Waals surface area contributed by atoms with E-state index < -0.39 is 0 Å². The van der Waals surface area contributed by atoms with Crippen molar-refractivity contribution in [2.45, 2.75) is 13.8 Å². The molecule has 0 saturated carbocycles. The molecule has 2 heteroatoms. The SMILES string of the molecule is CC(=C/c1ccccc1)/C(C)=N/O. The molecule has 0 aromatic heterocycles. The molecule has 13 heavy (non-hydrogen) atoms. The lowest BCUT2D eigenvalue weighted by molar-refractivity contribution is 0.319. The van der Waals surface area contributed by atoms with E-state index in [0.717, 1.165) is 11.1 Å². The van der Waals surface area contributed by atoms with E-state index in [2.05, 4.69) is 5.16 Å². The Labute approximate surface area is 78.2 Å². The van der Waals surface area contributed by atoms with E-state index in [0.29, 0.717) is 5.71 Å². The molecule has 1 rings (SSSR count). The van der Waals surface area contributed by atoms with Crippen molar-refractivity contribution in [3.05, 3.63) is 41.5 Å². The molecule has 1 aromatic carbocycles. The summed E-state index contributed by atoms with van der Waals surface area (Å²) in [7, 11) is 0. The Morgan fingerprint density at radius 3 is 2.38 bits per heavy atom. The zero-order chi connectivity index (χ0) is 9.68. The highest BCUT2D eigenvalue weighted by atomic mass is 16.4. The lowest BCUT2D eigenvalue weighted by Crippen LogP contribution is -1.92. The summed E-state index contributed by atoms with van der Waals surface area (Å²) < 4.78 is 0. The summed E-state index contributed by atoms with van der Waals surface area (Å²) in [6, 6.07) is 9.94. The van der Waals surface area contributed by atoms with Gasteiger partial charge in [-0.3, -0.25) is 0 Å². The minimum absolute atomic E-state index is 0.642. The quantitative estimate of drug-likeness (QED) is 0.418. The van der Waals surface area contributed by atoms with Gasteiger partial charge in [-0.25, -0.2) is 0 Å². The number of allylic oxidation sites excluding steroid dienone is 1. The van der Waals surface area contributed by atoms with E-state index in [9.17, 15) is 0 Å². The molecule has 1 N–H and O–H groups in total. The van der Waals surface area contributed by atoms with Crippen molar-refractivity contribution in [3.63, 3.8) is 0 Å². The van der Waals surface area contributed by atoms with E-state index in [-0.39, 0.29) is 0 Å². The van der Waals surface area contributed by atoms with E-state index in [1.54, 1.807) is 6.92 Å². The van der Waals surface area contributed by atoms with Crippen LogP contribution in [0.4, 0.5) is 0 Å². The third kappa shape index (κ3) is 2.75. The second-order valence-corrected chi connectivity index (χ2v) is 2.92. The zero-order valence-corrected chi connectivity index (χ0v) is 7.86. The van der Waals surface area contributed by atoms with E-state index in [1.807, 2.05) is 43.3 Å². The van der Waals surface area contributed by atoms with Crippen LogP contribution in [-0.2, 0) is 0 Å². The minimum Gasteiger partial charge on any atom is -0.411 e. The van der Waals surface area contributed by atoms with Crippen molar-refractivity contribution in [1.82, 2.24) is 0 Å². The van der Waals surface area contributed by atoms with Gasteiger partial charge >= 0.3 is 0 Å². The summed E-state index contributed by atoms with van der Waals surface area (Å²) in [5.41, 5.74) is 2.72. The fourth-order valence-corrected chi connectivity index (χ4v) is 0.983. The molecule has 0 saturated heterocycles. The molecule has 0 unspecified atom stereocenters. The van der Waals surface area contributed by atoms with E-state index >= 15 is 0 Å². The molecule has 0 heterocycles. The van der Waals surface area contributed by atoms with Crippen molar-refractivity contribution in [2.75, 3.05) is 0 Å². The molecule has 0 atom stereocenters. The van der Waals surface area contributed by atoms with Crippen LogP contribution in [0.5, 0.6) is 0 Å². The fourth-order valence-electron chi connectivity index (χ4n) is 0.983. The predicted octanol–water partition coefficient (Wildman–Crippen LogP) is 2.94.